The second-order valence-corrected chi connectivity index (χ2v) is 7.06. The van der Waals surface area contributed by atoms with E-state index in [0.29, 0.717) is 13.1 Å². The standard InChI is InChI=1S/C21H25ClN2O/c1-14-16(3)24(21-19(14)10-7-11-20(21)22)13-18(25)12-23-15(2)17-8-5-4-6-9-17/h4-11,15,18,23,25H,12-13H2,1-3H3/t15-,18+/m0/s1. The summed E-state index contributed by atoms with van der Waals surface area (Å²) in [6.07, 6.45) is -0.490. The van der Waals surface area contributed by atoms with Crippen LogP contribution in [0.5, 0.6) is 0 Å². The van der Waals surface area contributed by atoms with Gasteiger partial charge in [-0.25, -0.2) is 0 Å². The fourth-order valence-corrected chi connectivity index (χ4v) is 3.61. The smallest absolute Gasteiger partial charge is 0.0843 e. The molecule has 3 aromatic rings. The Bertz CT molecular complexity index is 857. The first kappa shape index (κ1) is 18.0. The number of aliphatic hydroxyl groups is 1. The predicted molar refractivity (Wildman–Crippen MR) is 105 cm³/mol. The molecule has 4 heteroatoms. The SMILES string of the molecule is Cc1c(C)n(C[C@H](O)CN[C@@H](C)c2ccccc2)c2c(Cl)cccc12. The van der Waals surface area contributed by atoms with E-state index in [1.807, 2.05) is 30.3 Å². The van der Waals surface area contributed by atoms with Gasteiger partial charge in [-0.3, -0.25) is 0 Å². The van der Waals surface area contributed by atoms with Crippen LogP contribution in [-0.4, -0.2) is 22.3 Å². The summed E-state index contributed by atoms with van der Waals surface area (Å²) in [5.74, 6) is 0. The Labute approximate surface area is 154 Å². The van der Waals surface area contributed by atoms with Crippen molar-refractivity contribution in [3.63, 3.8) is 0 Å². The van der Waals surface area contributed by atoms with E-state index in [9.17, 15) is 5.11 Å². The minimum Gasteiger partial charge on any atom is -0.390 e. The van der Waals surface area contributed by atoms with E-state index in [-0.39, 0.29) is 6.04 Å². The number of halogens is 1. The van der Waals surface area contributed by atoms with Crippen LogP contribution in [0.2, 0.25) is 5.02 Å². The summed E-state index contributed by atoms with van der Waals surface area (Å²) in [6.45, 7) is 7.34. The lowest BCUT2D eigenvalue weighted by Crippen LogP contribution is -2.32. The lowest BCUT2D eigenvalue weighted by molar-refractivity contribution is 0.149. The molecule has 1 heterocycles. The van der Waals surface area contributed by atoms with Gasteiger partial charge in [-0.15, -0.1) is 0 Å². The first-order chi connectivity index (χ1) is 12.0. The molecule has 0 aliphatic heterocycles. The lowest BCUT2D eigenvalue weighted by atomic mass is 10.1. The van der Waals surface area contributed by atoms with Crippen molar-refractivity contribution in [3.05, 3.63) is 70.4 Å². The van der Waals surface area contributed by atoms with Crippen LogP contribution in [-0.2, 0) is 6.54 Å². The van der Waals surface area contributed by atoms with E-state index < -0.39 is 6.10 Å². The third-order valence-electron chi connectivity index (χ3n) is 4.96. The van der Waals surface area contributed by atoms with Crippen LogP contribution in [0.25, 0.3) is 10.9 Å². The number of aliphatic hydroxyl groups excluding tert-OH is 1. The van der Waals surface area contributed by atoms with Gasteiger partial charge in [0.1, 0.15) is 0 Å². The molecule has 2 atom stereocenters. The highest BCUT2D eigenvalue weighted by Crippen LogP contribution is 2.30. The zero-order valence-electron chi connectivity index (χ0n) is 15.0. The van der Waals surface area contributed by atoms with E-state index in [4.69, 9.17) is 11.6 Å². The van der Waals surface area contributed by atoms with Crippen LogP contribution in [0.3, 0.4) is 0 Å². The Hall–Kier alpha value is -1.81. The number of aromatic nitrogens is 1. The molecule has 3 rings (SSSR count). The number of rotatable bonds is 6. The highest BCUT2D eigenvalue weighted by molar-refractivity contribution is 6.35. The molecule has 1 aromatic heterocycles. The average molecular weight is 357 g/mol. The molecule has 0 bridgehead atoms. The van der Waals surface area contributed by atoms with Gasteiger partial charge < -0.3 is 15.0 Å². The highest BCUT2D eigenvalue weighted by atomic mass is 35.5. The van der Waals surface area contributed by atoms with Crippen molar-refractivity contribution >= 4 is 22.5 Å². The fourth-order valence-electron chi connectivity index (χ4n) is 3.33. The van der Waals surface area contributed by atoms with Gasteiger partial charge in [0.25, 0.3) is 0 Å². The van der Waals surface area contributed by atoms with E-state index in [0.717, 1.165) is 21.6 Å². The van der Waals surface area contributed by atoms with Gasteiger partial charge in [0.15, 0.2) is 0 Å². The summed E-state index contributed by atoms with van der Waals surface area (Å²) in [4.78, 5) is 0. The number of aryl methyl sites for hydroxylation is 1. The number of fused-ring (bicyclic) bond motifs is 1. The summed E-state index contributed by atoms with van der Waals surface area (Å²) in [7, 11) is 0. The van der Waals surface area contributed by atoms with Crippen molar-refractivity contribution in [2.24, 2.45) is 0 Å². The quantitative estimate of drug-likeness (QED) is 0.676. The van der Waals surface area contributed by atoms with Gasteiger partial charge in [-0.05, 0) is 38.0 Å². The molecule has 0 spiro atoms. The second-order valence-electron chi connectivity index (χ2n) is 6.65. The molecule has 0 radical (unpaired) electrons. The van der Waals surface area contributed by atoms with Crippen molar-refractivity contribution in [2.45, 2.75) is 39.5 Å². The Morgan fingerprint density at radius 1 is 1.08 bits per heavy atom. The van der Waals surface area contributed by atoms with Crippen LogP contribution in [0.15, 0.2) is 48.5 Å². The number of nitrogens with zero attached hydrogens (tertiary/aromatic N) is 1. The van der Waals surface area contributed by atoms with E-state index in [1.54, 1.807) is 0 Å². The zero-order chi connectivity index (χ0) is 18.0. The minimum absolute atomic E-state index is 0.198. The molecular formula is C21H25ClN2O. The maximum Gasteiger partial charge on any atom is 0.0843 e. The molecule has 132 valence electrons. The highest BCUT2D eigenvalue weighted by Gasteiger charge is 2.16. The largest absolute Gasteiger partial charge is 0.390 e. The van der Waals surface area contributed by atoms with Crippen molar-refractivity contribution in [1.29, 1.82) is 0 Å². The van der Waals surface area contributed by atoms with Crippen LogP contribution in [0, 0.1) is 13.8 Å². The molecule has 2 N–H and O–H groups in total. The molecule has 0 unspecified atom stereocenters. The first-order valence-corrected chi connectivity index (χ1v) is 9.07. The van der Waals surface area contributed by atoms with Gasteiger partial charge in [-0.1, -0.05) is 54.1 Å². The summed E-state index contributed by atoms with van der Waals surface area (Å²) in [5, 5.41) is 15.9. The van der Waals surface area contributed by atoms with Gasteiger partial charge in [0, 0.05) is 23.7 Å². The molecular weight excluding hydrogens is 332 g/mol. The van der Waals surface area contributed by atoms with Crippen molar-refractivity contribution in [3.8, 4) is 0 Å². The normalized spacial score (nSPS) is 14.0. The summed E-state index contributed by atoms with van der Waals surface area (Å²) in [6, 6.07) is 16.4. The van der Waals surface area contributed by atoms with Crippen LogP contribution < -0.4 is 5.32 Å². The van der Waals surface area contributed by atoms with Gasteiger partial charge in [-0.2, -0.15) is 0 Å². The molecule has 0 aliphatic rings. The van der Waals surface area contributed by atoms with E-state index >= 15 is 0 Å². The van der Waals surface area contributed by atoms with Gasteiger partial charge >= 0.3 is 0 Å². The molecule has 2 aromatic carbocycles. The summed E-state index contributed by atoms with van der Waals surface area (Å²) >= 11 is 6.42. The topological polar surface area (TPSA) is 37.2 Å². The number of hydrogen-bond acceptors (Lipinski definition) is 2. The predicted octanol–water partition coefficient (Wildman–Crippen LogP) is 4.62. The lowest BCUT2D eigenvalue weighted by Gasteiger charge is -2.19. The zero-order valence-corrected chi connectivity index (χ0v) is 15.7. The fraction of sp³-hybridized carbons (Fsp3) is 0.333. The van der Waals surface area contributed by atoms with Gasteiger partial charge in [0.05, 0.1) is 23.2 Å². The van der Waals surface area contributed by atoms with Crippen molar-refractivity contribution < 1.29 is 5.11 Å². The van der Waals surface area contributed by atoms with E-state index in [1.165, 1.54) is 11.1 Å². The maximum atomic E-state index is 10.6. The minimum atomic E-state index is -0.490. The Balaban J connectivity index is 1.72. The molecule has 0 amide bonds. The van der Waals surface area contributed by atoms with Crippen molar-refractivity contribution in [2.75, 3.05) is 6.54 Å². The molecule has 0 saturated heterocycles. The third kappa shape index (κ3) is 3.74. The second kappa shape index (κ2) is 7.61. The van der Waals surface area contributed by atoms with Crippen LogP contribution in [0.4, 0.5) is 0 Å². The molecule has 0 saturated carbocycles. The monoisotopic (exact) mass is 356 g/mol. The number of hydrogen-bond donors (Lipinski definition) is 2. The Morgan fingerprint density at radius 2 is 1.80 bits per heavy atom. The molecule has 3 nitrogen and oxygen atoms in total. The Morgan fingerprint density at radius 3 is 2.52 bits per heavy atom. The number of nitrogens with one attached hydrogen (secondary N) is 1. The van der Waals surface area contributed by atoms with Crippen molar-refractivity contribution in [1.82, 2.24) is 9.88 Å². The third-order valence-corrected chi connectivity index (χ3v) is 5.27. The molecule has 0 aliphatic carbocycles. The molecule has 25 heavy (non-hydrogen) atoms. The van der Waals surface area contributed by atoms with Gasteiger partial charge in [0.2, 0.25) is 0 Å². The molecule has 0 fully saturated rings. The number of benzene rings is 2. The van der Waals surface area contributed by atoms with Crippen LogP contribution in [0.1, 0.15) is 29.8 Å². The maximum absolute atomic E-state index is 10.6. The number of para-hydroxylation sites is 1. The van der Waals surface area contributed by atoms with Crippen LogP contribution >= 0.6 is 11.6 Å². The Kier molecular flexibility index (Phi) is 5.48. The first-order valence-electron chi connectivity index (χ1n) is 8.69. The summed E-state index contributed by atoms with van der Waals surface area (Å²) < 4.78 is 2.13. The summed E-state index contributed by atoms with van der Waals surface area (Å²) in [5.41, 5.74) is 4.60. The average Bonchev–Trinajstić information content (AvgIpc) is 2.86. The van der Waals surface area contributed by atoms with E-state index in [2.05, 4.69) is 48.9 Å².